The fraction of sp³-hybridized carbons (Fsp3) is 0.714. The molecule has 1 nitrogen and oxygen atoms in total. The number of rotatable bonds is 0. The Bertz CT molecular complexity index is 390. The van der Waals surface area contributed by atoms with Gasteiger partial charge >= 0.3 is 0 Å². The maximum absolute atomic E-state index is 10.3. The van der Waals surface area contributed by atoms with E-state index in [2.05, 4.69) is 26.8 Å². The molecule has 0 aliphatic heterocycles. The number of hydrogen-bond donors (Lipinski definition) is 1. The molecule has 1 saturated carbocycles. The van der Waals surface area contributed by atoms with Crippen LogP contribution >= 0.6 is 0 Å². The molecule has 0 heterocycles. The molecule has 3 rings (SSSR count). The Morgan fingerprint density at radius 1 is 1.13 bits per heavy atom. The second kappa shape index (κ2) is 2.57. The highest BCUT2D eigenvalue weighted by Crippen LogP contribution is 2.74. The van der Waals surface area contributed by atoms with Crippen molar-refractivity contribution in [2.24, 2.45) is 10.8 Å². The molecule has 1 N–H and O–H groups in total. The summed E-state index contributed by atoms with van der Waals surface area (Å²) in [5, 5.41) is 10.3. The van der Waals surface area contributed by atoms with Crippen LogP contribution < -0.4 is 0 Å². The predicted octanol–water partition coefficient (Wildman–Crippen LogP) is 3.20. The summed E-state index contributed by atoms with van der Waals surface area (Å²) >= 11 is 0. The second-order valence-electron chi connectivity index (χ2n) is 5.63. The average Bonchev–Trinajstić information content (AvgIpc) is 2.46. The van der Waals surface area contributed by atoms with Gasteiger partial charge in [0.25, 0.3) is 0 Å². The van der Waals surface area contributed by atoms with Crippen molar-refractivity contribution in [2.45, 2.75) is 52.6 Å². The highest BCUT2D eigenvalue weighted by Gasteiger charge is 2.68. The Labute approximate surface area is 91.9 Å². The van der Waals surface area contributed by atoms with Crippen LogP contribution in [0.5, 0.6) is 0 Å². The normalized spacial score (nSPS) is 48.3. The topological polar surface area (TPSA) is 20.2 Å². The molecule has 0 radical (unpaired) electrons. The van der Waals surface area contributed by atoms with Gasteiger partial charge in [0.2, 0.25) is 0 Å². The first kappa shape index (κ1) is 9.65. The molecule has 3 atom stereocenters. The minimum atomic E-state index is -0.221. The first-order valence-electron chi connectivity index (χ1n) is 6.13. The second-order valence-corrected chi connectivity index (χ2v) is 5.63. The molecule has 1 fully saturated rings. The third-order valence-corrected chi connectivity index (χ3v) is 5.59. The van der Waals surface area contributed by atoms with Gasteiger partial charge in [-0.1, -0.05) is 35.6 Å². The van der Waals surface area contributed by atoms with Crippen LogP contribution in [0.3, 0.4) is 0 Å². The van der Waals surface area contributed by atoms with Gasteiger partial charge in [-0.25, -0.2) is 0 Å². The van der Waals surface area contributed by atoms with E-state index in [1.165, 1.54) is 36.8 Å². The van der Waals surface area contributed by atoms with Crippen LogP contribution in [-0.4, -0.2) is 11.2 Å². The van der Waals surface area contributed by atoms with Gasteiger partial charge in [-0.05, 0) is 33.6 Å². The fourth-order valence-electron chi connectivity index (χ4n) is 4.84. The first-order valence-corrected chi connectivity index (χ1v) is 6.13. The monoisotopic (exact) mass is 204 g/mol. The van der Waals surface area contributed by atoms with Crippen LogP contribution in [-0.2, 0) is 0 Å². The summed E-state index contributed by atoms with van der Waals surface area (Å²) in [4.78, 5) is 0. The molecule has 1 heteroatoms. The first-order chi connectivity index (χ1) is 7.07. The molecule has 0 amide bonds. The van der Waals surface area contributed by atoms with Crippen molar-refractivity contribution in [3.8, 4) is 0 Å². The molecule has 0 bridgehead atoms. The summed E-state index contributed by atoms with van der Waals surface area (Å²) in [5.41, 5.74) is 4.82. The lowest BCUT2D eigenvalue weighted by Crippen LogP contribution is -2.56. The summed E-state index contributed by atoms with van der Waals surface area (Å²) in [5.74, 6) is 0. The number of allylic oxidation sites excluding steroid dienone is 2. The van der Waals surface area contributed by atoms with Crippen molar-refractivity contribution in [2.75, 3.05) is 0 Å². The van der Waals surface area contributed by atoms with E-state index in [0.717, 1.165) is 0 Å². The largest absolute Gasteiger partial charge is 0.388 e. The van der Waals surface area contributed by atoms with Crippen molar-refractivity contribution >= 4 is 0 Å². The Kier molecular flexibility index (Phi) is 1.65. The molecule has 0 aromatic heterocycles. The third-order valence-electron chi connectivity index (χ3n) is 5.59. The number of aliphatic hydroxyl groups excluding tert-OH is 1. The summed E-state index contributed by atoms with van der Waals surface area (Å²) in [6.45, 7) is 6.72. The molecule has 0 spiro atoms. The standard InChI is InChI=1S/C14H20O/c1-9-8-12(15)14-7-5-4-6-13(9,14)10(2)11(14)3/h8,12,15H,4-7H2,1-3H3. The molecule has 3 unspecified atom stereocenters. The maximum Gasteiger partial charge on any atom is 0.0828 e. The van der Waals surface area contributed by atoms with Gasteiger partial charge in [0.05, 0.1) is 6.10 Å². The van der Waals surface area contributed by atoms with Gasteiger partial charge in [0.1, 0.15) is 0 Å². The smallest absolute Gasteiger partial charge is 0.0828 e. The molecular formula is C14H20O. The molecule has 0 aromatic rings. The van der Waals surface area contributed by atoms with Crippen LogP contribution in [0, 0.1) is 10.8 Å². The highest BCUT2D eigenvalue weighted by atomic mass is 16.3. The Hall–Kier alpha value is -0.560. The fourth-order valence-corrected chi connectivity index (χ4v) is 4.84. The van der Waals surface area contributed by atoms with Gasteiger partial charge in [-0.15, -0.1) is 0 Å². The van der Waals surface area contributed by atoms with E-state index in [0.29, 0.717) is 0 Å². The lowest BCUT2D eigenvalue weighted by molar-refractivity contribution is -0.0301. The van der Waals surface area contributed by atoms with Crippen LogP contribution in [0.2, 0.25) is 0 Å². The number of aliphatic hydroxyl groups is 1. The van der Waals surface area contributed by atoms with Gasteiger partial charge in [-0.2, -0.15) is 0 Å². The zero-order chi connectivity index (χ0) is 10.8. The van der Waals surface area contributed by atoms with Crippen molar-refractivity contribution in [3.05, 3.63) is 22.8 Å². The van der Waals surface area contributed by atoms with Gasteiger partial charge in [0, 0.05) is 10.8 Å². The number of hydrogen-bond acceptors (Lipinski definition) is 1. The van der Waals surface area contributed by atoms with Crippen molar-refractivity contribution < 1.29 is 5.11 Å². The minimum Gasteiger partial charge on any atom is -0.388 e. The lowest BCUT2D eigenvalue weighted by atomic mass is 9.41. The third kappa shape index (κ3) is 0.720. The molecule has 15 heavy (non-hydrogen) atoms. The van der Waals surface area contributed by atoms with E-state index in [-0.39, 0.29) is 16.9 Å². The molecule has 0 saturated heterocycles. The molecular weight excluding hydrogens is 184 g/mol. The quantitative estimate of drug-likeness (QED) is 0.601. The van der Waals surface area contributed by atoms with E-state index in [4.69, 9.17) is 0 Å². The van der Waals surface area contributed by atoms with Crippen molar-refractivity contribution in [1.82, 2.24) is 0 Å². The van der Waals surface area contributed by atoms with Crippen LogP contribution in [0.25, 0.3) is 0 Å². The van der Waals surface area contributed by atoms with Crippen LogP contribution in [0.4, 0.5) is 0 Å². The maximum atomic E-state index is 10.3. The Balaban J connectivity index is 2.22. The van der Waals surface area contributed by atoms with Gasteiger partial charge in [-0.3, -0.25) is 0 Å². The van der Waals surface area contributed by atoms with E-state index in [1.54, 1.807) is 5.57 Å². The summed E-state index contributed by atoms with van der Waals surface area (Å²) in [6.07, 6.45) is 6.95. The summed E-state index contributed by atoms with van der Waals surface area (Å²) in [7, 11) is 0. The van der Waals surface area contributed by atoms with E-state index < -0.39 is 0 Å². The Morgan fingerprint density at radius 2 is 1.80 bits per heavy atom. The molecule has 0 aromatic carbocycles. The van der Waals surface area contributed by atoms with E-state index in [1.807, 2.05) is 0 Å². The van der Waals surface area contributed by atoms with Crippen molar-refractivity contribution in [3.63, 3.8) is 0 Å². The predicted molar refractivity (Wildman–Crippen MR) is 61.5 cm³/mol. The van der Waals surface area contributed by atoms with Crippen LogP contribution in [0.1, 0.15) is 46.5 Å². The average molecular weight is 204 g/mol. The van der Waals surface area contributed by atoms with E-state index in [9.17, 15) is 5.11 Å². The molecule has 3 aliphatic carbocycles. The SMILES string of the molecule is CC1=CC(O)C23CCCCC12C(C)=C3C. The van der Waals surface area contributed by atoms with E-state index >= 15 is 0 Å². The zero-order valence-corrected chi connectivity index (χ0v) is 9.93. The Morgan fingerprint density at radius 3 is 2.47 bits per heavy atom. The lowest BCUT2D eigenvalue weighted by Gasteiger charge is -2.62. The molecule has 82 valence electrons. The highest BCUT2D eigenvalue weighted by molar-refractivity contribution is 5.56. The van der Waals surface area contributed by atoms with Gasteiger partial charge in [0.15, 0.2) is 0 Å². The minimum absolute atomic E-state index is 0.111. The van der Waals surface area contributed by atoms with Crippen molar-refractivity contribution in [1.29, 1.82) is 0 Å². The molecule has 3 aliphatic rings. The van der Waals surface area contributed by atoms with Gasteiger partial charge < -0.3 is 5.11 Å². The van der Waals surface area contributed by atoms with Crippen LogP contribution in [0.15, 0.2) is 22.8 Å². The summed E-state index contributed by atoms with van der Waals surface area (Å²) in [6, 6.07) is 0. The summed E-state index contributed by atoms with van der Waals surface area (Å²) < 4.78 is 0. The zero-order valence-electron chi connectivity index (χ0n) is 9.93.